The summed E-state index contributed by atoms with van der Waals surface area (Å²) in [6.45, 7) is 6.44. The van der Waals surface area contributed by atoms with Crippen LogP contribution in [-0.4, -0.2) is 40.1 Å². The van der Waals surface area contributed by atoms with Crippen molar-refractivity contribution in [1.29, 1.82) is 0 Å². The topological polar surface area (TPSA) is 71.3 Å². The van der Waals surface area contributed by atoms with E-state index in [2.05, 4.69) is 44.6 Å². The van der Waals surface area contributed by atoms with Crippen molar-refractivity contribution in [3.05, 3.63) is 58.9 Å². The fraction of sp³-hybridized carbons (Fsp3) is 0.350. The summed E-state index contributed by atoms with van der Waals surface area (Å²) in [6, 6.07) is 12.4. The summed E-state index contributed by atoms with van der Waals surface area (Å²) in [4.78, 5) is 19.5. The van der Waals surface area contributed by atoms with Crippen molar-refractivity contribution in [2.75, 3.05) is 13.1 Å². The molecule has 1 fully saturated rings. The fourth-order valence-corrected chi connectivity index (χ4v) is 3.60. The molecule has 0 saturated carbocycles. The number of rotatable bonds is 4. The van der Waals surface area contributed by atoms with E-state index in [1.54, 1.807) is 6.07 Å². The van der Waals surface area contributed by atoms with Crippen molar-refractivity contribution in [1.82, 2.24) is 20.4 Å². The number of fused-ring (bicyclic) bond motifs is 1. The molecule has 26 heavy (non-hydrogen) atoms. The summed E-state index contributed by atoms with van der Waals surface area (Å²) in [6.07, 6.45) is 0.953. The second-order valence-electron chi connectivity index (χ2n) is 6.94. The number of carbonyl (C=O) groups excluding carboxylic acids is 1. The molecule has 3 aromatic rings. The van der Waals surface area contributed by atoms with Gasteiger partial charge in [-0.15, -0.1) is 0 Å². The molecule has 6 heteroatoms. The monoisotopic (exact) mass is 350 g/mol. The molecule has 0 aliphatic carbocycles. The van der Waals surface area contributed by atoms with Crippen LogP contribution in [0, 0.1) is 13.8 Å². The zero-order valence-electron chi connectivity index (χ0n) is 15.0. The smallest absolute Gasteiger partial charge is 0.258 e. The highest BCUT2D eigenvalue weighted by Gasteiger charge is 2.26. The zero-order chi connectivity index (χ0) is 18.1. The van der Waals surface area contributed by atoms with Gasteiger partial charge in [0, 0.05) is 31.4 Å². The van der Waals surface area contributed by atoms with Gasteiger partial charge in [0.1, 0.15) is 0 Å². The average molecular weight is 350 g/mol. The SMILES string of the molecule is Cc1cc(C(=O)NC2CCN(Cc3ccccc3)C2)c2c(C)noc2n1. The Morgan fingerprint density at radius 1 is 1.31 bits per heavy atom. The Hall–Kier alpha value is -2.73. The molecule has 3 heterocycles. The van der Waals surface area contributed by atoms with Crippen LogP contribution in [-0.2, 0) is 6.54 Å². The molecule has 1 aromatic carbocycles. The molecule has 0 bridgehead atoms. The number of nitrogens with zero attached hydrogens (tertiary/aromatic N) is 3. The van der Waals surface area contributed by atoms with E-state index in [-0.39, 0.29) is 11.9 Å². The van der Waals surface area contributed by atoms with Gasteiger partial charge in [-0.1, -0.05) is 35.5 Å². The molecule has 1 unspecified atom stereocenters. The predicted octanol–water partition coefficient (Wildman–Crippen LogP) is 2.84. The second kappa shape index (κ2) is 6.88. The molecule has 1 N–H and O–H groups in total. The van der Waals surface area contributed by atoms with Crippen molar-refractivity contribution >= 4 is 17.0 Å². The van der Waals surface area contributed by atoms with Crippen LogP contribution in [0.2, 0.25) is 0 Å². The maximum absolute atomic E-state index is 12.9. The van der Waals surface area contributed by atoms with Crippen molar-refractivity contribution in [3.63, 3.8) is 0 Å². The number of hydrogen-bond acceptors (Lipinski definition) is 5. The quantitative estimate of drug-likeness (QED) is 0.783. The van der Waals surface area contributed by atoms with E-state index in [0.29, 0.717) is 22.4 Å². The Morgan fingerprint density at radius 2 is 2.12 bits per heavy atom. The molecular weight excluding hydrogens is 328 g/mol. The maximum atomic E-state index is 12.9. The van der Waals surface area contributed by atoms with E-state index in [4.69, 9.17) is 4.52 Å². The Morgan fingerprint density at radius 3 is 2.92 bits per heavy atom. The Kier molecular flexibility index (Phi) is 4.42. The number of nitrogens with one attached hydrogen (secondary N) is 1. The third-order valence-corrected chi connectivity index (χ3v) is 4.85. The van der Waals surface area contributed by atoms with E-state index in [0.717, 1.165) is 31.7 Å². The fourth-order valence-electron chi connectivity index (χ4n) is 3.60. The third kappa shape index (κ3) is 3.32. The number of benzene rings is 1. The molecule has 0 radical (unpaired) electrons. The summed E-state index contributed by atoms with van der Waals surface area (Å²) in [5.74, 6) is -0.0849. The van der Waals surface area contributed by atoms with Gasteiger partial charge in [0.05, 0.1) is 16.6 Å². The molecule has 134 valence electrons. The molecule has 6 nitrogen and oxygen atoms in total. The lowest BCUT2D eigenvalue weighted by molar-refractivity contribution is 0.0939. The first-order valence-corrected chi connectivity index (χ1v) is 8.91. The van der Waals surface area contributed by atoms with Gasteiger partial charge in [-0.05, 0) is 31.9 Å². The van der Waals surface area contributed by atoms with Crippen LogP contribution in [0.1, 0.15) is 33.7 Å². The van der Waals surface area contributed by atoms with Gasteiger partial charge in [0.25, 0.3) is 11.6 Å². The van der Waals surface area contributed by atoms with Gasteiger partial charge >= 0.3 is 0 Å². The van der Waals surface area contributed by atoms with Crippen molar-refractivity contribution in [2.24, 2.45) is 0 Å². The summed E-state index contributed by atoms with van der Waals surface area (Å²) in [5.41, 5.74) is 3.74. The van der Waals surface area contributed by atoms with Crippen LogP contribution < -0.4 is 5.32 Å². The minimum Gasteiger partial charge on any atom is -0.348 e. The molecule has 0 spiro atoms. The molecule has 1 saturated heterocycles. The Bertz CT molecular complexity index is 936. The minimum atomic E-state index is -0.0849. The van der Waals surface area contributed by atoms with Gasteiger partial charge in [0.15, 0.2) is 0 Å². The lowest BCUT2D eigenvalue weighted by Gasteiger charge is -2.17. The van der Waals surface area contributed by atoms with Crippen LogP contribution in [0.4, 0.5) is 0 Å². The van der Waals surface area contributed by atoms with E-state index in [9.17, 15) is 4.79 Å². The normalized spacial score (nSPS) is 17.7. The first-order valence-electron chi connectivity index (χ1n) is 8.91. The number of aromatic nitrogens is 2. The van der Waals surface area contributed by atoms with Gasteiger partial charge in [-0.25, -0.2) is 4.98 Å². The average Bonchev–Trinajstić information content (AvgIpc) is 3.22. The van der Waals surface area contributed by atoms with E-state index >= 15 is 0 Å². The highest BCUT2D eigenvalue weighted by Crippen LogP contribution is 2.22. The van der Waals surface area contributed by atoms with E-state index in [1.165, 1.54) is 5.56 Å². The van der Waals surface area contributed by atoms with Crippen LogP contribution in [0.25, 0.3) is 11.1 Å². The minimum absolute atomic E-state index is 0.0849. The summed E-state index contributed by atoms with van der Waals surface area (Å²) in [7, 11) is 0. The number of pyridine rings is 1. The third-order valence-electron chi connectivity index (χ3n) is 4.85. The first kappa shape index (κ1) is 16.7. The standard InChI is InChI=1S/C20H22N4O2/c1-13-10-17(18-14(2)23-26-20(18)21-13)19(25)22-16-8-9-24(12-16)11-15-6-4-3-5-7-15/h3-7,10,16H,8-9,11-12H2,1-2H3,(H,22,25). The summed E-state index contributed by atoms with van der Waals surface area (Å²) in [5, 5.41) is 7.82. The second-order valence-corrected chi connectivity index (χ2v) is 6.94. The number of amides is 1. The predicted molar refractivity (Wildman–Crippen MR) is 98.9 cm³/mol. The molecule has 2 aromatic heterocycles. The molecular formula is C20H22N4O2. The van der Waals surface area contributed by atoms with Gasteiger partial charge < -0.3 is 9.84 Å². The molecule has 1 amide bonds. The Labute approximate surface area is 152 Å². The van der Waals surface area contributed by atoms with Crippen LogP contribution in [0.15, 0.2) is 40.9 Å². The van der Waals surface area contributed by atoms with Crippen LogP contribution in [0.3, 0.4) is 0 Å². The van der Waals surface area contributed by atoms with E-state index in [1.807, 2.05) is 19.9 Å². The van der Waals surface area contributed by atoms with Crippen LogP contribution >= 0.6 is 0 Å². The number of carbonyl (C=O) groups is 1. The maximum Gasteiger partial charge on any atom is 0.258 e. The Balaban J connectivity index is 1.45. The zero-order valence-corrected chi connectivity index (χ0v) is 15.0. The molecule has 1 aliphatic heterocycles. The molecule has 1 aliphatic rings. The van der Waals surface area contributed by atoms with Crippen molar-refractivity contribution in [3.8, 4) is 0 Å². The number of aryl methyl sites for hydroxylation is 2. The number of hydrogen-bond donors (Lipinski definition) is 1. The van der Waals surface area contributed by atoms with Crippen molar-refractivity contribution < 1.29 is 9.32 Å². The van der Waals surface area contributed by atoms with Crippen molar-refractivity contribution in [2.45, 2.75) is 32.9 Å². The first-order chi connectivity index (χ1) is 12.6. The summed E-state index contributed by atoms with van der Waals surface area (Å²) < 4.78 is 5.22. The highest BCUT2D eigenvalue weighted by molar-refractivity contribution is 6.06. The lowest BCUT2D eigenvalue weighted by Crippen LogP contribution is -2.37. The molecule has 4 rings (SSSR count). The number of likely N-dealkylation sites (tertiary alicyclic amines) is 1. The van der Waals surface area contributed by atoms with E-state index < -0.39 is 0 Å². The van der Waals surface area contributed by atoms with Gasteiger partial charge in [0.2, 0.25) is 0 Å². The lowest BCUT2D eigenvalue weighted by atomic mass is 10.1. The van der Waals surface area contributed by atoms with Crippen LogP contribution in [0.5, 0.6) is 0 Å². The highest BCUT2D eigenvalue weighted by atomic mass is 16.5. The summed E-state index contributed by atoms with van der Waals surface area (Å²) >= 11 is 0. The van der Waals surface area contributed by atoms with Gasteiger partial charge in [-0.2, -0.15) is 0 Å². The molecule has 1 atom stereocenters. The van der Waals surface area contributed by atoms with Gasteiger partial charge in [-0.3, -0.25) is 9.69 Å². The largest absolute Gasteiger partial charge is 0.348 e.